The maximum Gasteiger partial charge on any atom is 0.141 e. The van der Waals surface area contributed by atoms with Crippen LogP contribution >= 0.6 is 0 Å². The fraction of sp³-hybridized carbons (Fsp3) is 0.606. The van der Waals surface area contributed by atoms with Crippen molar-refractivity contribution in [3.8, 4) is 11.1 Å². The van der Waals surface area contributed by atoms with E-state index in [-0.39, 0.29) is 5.92 Å². The van der Waals surface area contributed by atoms with E-state index in [2.05, 4.69) is 63.1 Å². The molecule has 1 saturated carbocycles. The molecule has 6 rings (SSSR count). The lowest BCUT2D eigenvalue weighted by Crippen LogP contribution is -2.46. The molecular weight excluding hydrogens is 496 g/mol. The Morgan fingerprint density at radius 2 is 1.62 bits per heavy atom. The number of Topliss-reactive ketones (excluding diaryl/α,β-unsaturated/α-hetero) is 1. The summed E-state index contributed by atoms with van der Waals surface area (Å²) in [6.07, 6.45) is 12.7. The fourth-order valence-corrected chi connectivity index (χ4v) is 7.06. The van der Waals surface area contributed by atoms with Gasteiger partial charge in [-0.2, -0.15) is 5.10 Å². The van der Waals surface area contributed by atoms with E-state index in [0.717, 1.165) is 41.8 Å². The third-order valence-corrected chi connectivity index (χ3v) is 9.74. The predicted octanol–water partition coefficient (Wildman–Crippen LogP) is 4.79. The van der Waals surface area contributed by atoms with Gasteiger partial charge >= 0.3 is 0 Å². The second kappa shape index (κ2) is 12.5. The molecule has 0 unspecified atom stereocenters. The number of ketones is 1. The molecule has 214 valence electrons. The van der Waals surface area contributed by atoms with Gasteiger partial charge in [0.2, 0.25) is 0 Å². The number of aromatic nitrogens is 3. The SMILES string of the molecule is CN1CCN(CC2CCC(C(=O)Cc3cc4cc(-c5cnn(C)c5CN5CCCCC5)ccc4cn3)CC2)CC1. The minimum absolute atomic E-state index is 0.195. The van der Waals surface area contributed by atoms with Crippen LogP contribution in [0.1, 0.15) is 56.3 Å². The van der Waals surface area contributed by atoms with E-state index in [1.165, 1.54) is 94.7 Å². The Morgan fingerprint density at radius 3 is 2.40 bits per heavy atom. The van der Waals surface area contributed by atoms with Crippen molar-refractivity contribution in [3.63, 3.8) is 0 Å². The summed E-state index contributed by atoms with van der Waals surface area (Å²) in [7, 11) is 4.27. The number of hydrogen-bond donors (Lipinski definition) is 0. The standard InChI is InChI=1S/C33H46N6O/c1-36-14-16-39(17-15-36)23-25-6-8-26(9-7-25)33(40)20-30-19-29-18-27(10-11-28(29)21-34-30)31-22-35-37(2)32(31)24-38-12-4-3-5-13-38/h10-11,18-19,21-22,25-26H,3-9,12-17,20,23-24H2,1-2H3. The van der Waals surface area contributed by atoms with Crippen molar-refractivity contribution in [2.75, 3.05) is 52.9 Å². The number of nitrogens with zero attached hydrogens (tertiary/aromatic N) is 6. The number of piperidine rings is 1. The molecule has 0 amide bonds. The van der Waals surface area contributed by atoms with Gasteiger partial charge in [-0.15, -0.1) is 0 Å². The molecule has 0 spiro atoms. The molecule has 3 fully saturated rings. The van der Waals surface area contributed by atoms with Gasteiger partial charge in [-0.1, -0.05) is 18.6 Å². The van der Waals surface area contributed by atoms with Crippen LogP contribution < -0.4 is 0 Å². The molecule has 1 aromatic carbocycles. The summed E-state index contributed by atoms with van der Waals surface area (Å²) in [5.41, 5.74) is 4.57. The largest absolute Gasteiger partial charge is 0.304 e. The summed E-state index contributed by atoms with van der Waals surface area (Å²) in [5.74, 6) is 1.31. The Kier molecular flexibility index (Phi) is 8.61. The highest BCUT2D eigenvalue weighted by Crippen LogP contribution is 2.32. The Balaban J connectivity index is 1.09. The Bertz CT molecular complexity index is 1300. The monoisotopic (exact) mass is 542 g/mol. The normalized spacial score (nSPS) is 23.6. The van der Waals surface area contributed by atoms with E-state index in [4.69, 9.17) is 0 Å². The van der Waals surface area contributed by atoms with Crippen molar-refractivity contribution in [1.82, 2.24) is 29.5 Å². The van der Waals surface area contributed by atoms with Crippen molar-refractivity contribution in [2.24, 2.45) is 18.9 Å². The lowest BCUT2D eigenvalue weighted by atomic mass is 9.79. The van der Waals surface area contributed by atoms with Crippen LogP contribution in [0.4, 0.5) is 0 Å². The van der Waals surface area contributed by atoms with Gasteiger partial charge in [0.15, 0.2) is 0 Å². The van der Waals surface area contributed by atoms with Crippen LogP contribution in [0.2, 0.25) is 0 Å². The summed E-state index contributed by atoms with van der Waals surface area (Å²) < 4.78 is 2.03. The van der Waals surface area contributed by atoms with Gasteiger partial charge in [0, 0.05) is 81.5 Å². The number of likely N-dealkylation sites (tertiary alicyclic amines) is 1. The topological polar surface area (TPSA) is 57.5 Å². The molecule has 0 radical (unpaired) electrons. The average molecular weight is 543 g/mol. The number of benzene rings is 1. The van der Waals surface area contributed by atoms with Crippen molar-refractivity contribution in [3.05, 3.63) is 48.0 Å². The van der Waals surface area contributed by atoms with Gasteiger partial charge in [-0.3, -0.25) is 19.4 Å². The number of fused-ring (bicyclic) bond motifs is 1. The minimum Gasteiger partial charge on any atom is -0.304 e. The van der Waals surface area contributed by atoms with Crippen LogP contribution in [0.5, 0.6) is 0 Å². The van der Waals surface area contributed by atoms with Crippen LogP contribution in [0.15, 0.2) is 36.7 Å². The molecule has 4 heterocycles. The second-order valence-corrected chi connectivity index (χ2v) is 12.7. The Hall–Kier alpha value is -2.61. The van der Waals surface area contributed by atoms with Gasteiger partial charge in [0.25, 0.3) is 0 Å². The van der Waals surface area contributed by atoms with Gasteiger partial charge in [0.1, 0.15) is 5.78 Å². The van der Waals surface area contributed by atoms with Crippen LogP contribution in [0.25, 0.3) is 21.9 Å². The predicted molar refractivity (Wildman–Crippen MR) is 161 cm³/mol. The highest BCUT2D eigenvalue weighted by atomic mass is 16.1. The maximum absolute atomic E-state index is 13.3. The number of piperazine rings is 1. The van der Waals surface area contributed by atoms with Crippen LogP contribution in [0.3, 0.4) is 0 Å². The van der Waals surface area contributed by atoms with E-state index >= 15 is 0 Å². The highest BCUT2D eigenvalue weighted by molar-refractivity contribution is 5.89. The first kappa shape index (κ1) is 27.6. The molecule has 40 heavy (non-hydrogen) atoms. The lowest BCUT2D eigenvalue weighted by Gasteiger charge is -2.36. The number of carbonyl (C=O) groups excluding carboxylic acids is 1. The first-order valence-electron chi connectivity index (χ1n) is 15.6. The number of hydrogen-bond acceptors (Lipinski definition) is 6. The van der Waals surface area contributed by atoms with Gasteiger partial charge in [-0.25, -0.2) is 0 Å². The summed E-state index contributed by atoms with van der Waals surface area (Å²) >= 11 is 0. The first-order valence-corrected chi connectivity index (χ1v) is 15.6. The fourth-order valence-electron chi connectivity index (χ4n) is 7.06. The van der Waals surface area contributed by atoms with Crippen LogP contribution in [-0.2, 0) is 24.8 Å². The molecule has 0 N–H and O–H groups in total. The molecule has 1 aliphatic carbocycles. The molecule has 7 nitrogen and oxygen atoms in total. The summed E-state index contributed by atoms with van der Waals surface area (Å²) in [6, 6.07) is 8.73. The first-order chi connectivity index (χ1) is 19.5. The lowest BCUT2D eigenvalue weighted by molar-refractivity contribution is -0.123. The number of rotatable bonds is 8. The Labute approximate surface area is 239 Å². The molecule has 2 saturated heterocycles. The zero-order valence-corrected chi connectivity index (χ0v) is 24.5. The van der Waals surface area contributed by atoms with Crippen LogP contribution in [0, 0.1) is 11.8 Å². The number of aryl methyl sites for hydroxylation is 1. The molecule has 0 bridgehead atoms. The van der Waals surface area contributed by atoms with E-state index in [1.807, 2.05) is 17.1 Å². The summed E-state index contributed by atoms with van der Waals surface area (Å²) in [6.45, 7) is 9.22. The average Bonchev–Trinajstić information content (AvgIpc) is 3.34. The molecular formula is C33H46N6O. The molecule has 3 aliphatic rings. The number of likely N-dealkylation sites (N-methyl/N-ethyl adjacent to an activating group) is 1. The number of carbonyl (C=O) groups is 1. The van der Waals surface area contributed by atoms with E-state index in [9.17, 15) is 4.79 Å². The van der Waals surface area contributed by atoms with Crippen molar-refractivity contribution >= 4 is 16.6 Å². The zero-order chi connectivity index (χ0) is 27.5. The van der Waals surface area contributed by atoms with Crippen LogP contribution in [-0.4, -0.2) is 88.1 Å². The third kappa shape index (κ3) is 6.48. The molecule has 0 atom stereocenters. The molecule has 7 heteroatoms. The van der Waals surface area contributed by atoms with E-state index < -0.39 is 0 Å². The second-order valence-electron chi connectivity index (χ2n) is 12.7. The summed E-state index contributed by atoms with van der Waals surface area (Å²) in [4.78, 5) is 25.6. The maximum atomic E-state index is 13.3. The van der Waals surface area contributed by atoms with E-state index in [1.54, 1.807) is 0 Å². The van der Waals surface area contributed by atoms with E-state index in [0.29, 0.717) is 12.2 Å². The minimum atomic E-state index is 0.195. The quantitative estimate of drug-likeness (QED) is 0.408. The summed E-state index contributed by atoms with van der Waals surface area (Å²) in [5, 5.41) is 6.88. The third-order valence-electron chi connectivity index (χ3n) is 9.74. The smallest absolute Gasteiger partial charge is 0.141 e. The van der Waals surface area contributed by atoms with Gasteiger partial charge in [0.05, 0.1) is 11.9 Å². The van der Waals surface area contributed by atoms with Gasteiger partial charge < -0.3 is 9.80 Å². The Morgan fingerprint density at radius 1 is 0.850 bits per heavy atom. The highest BCUT2D eigenvalue weighted by Gasteiger charge is 2.28. The van der Waals surface area contributed by atoms with Crippen molar-refractivity contribution < 1.29 is 4.79 Å². The molecule has 3 aromatic rings. The number of pyridine rings is 1. The molecule has 2 aliphatic heterocycles. The molecule has 2 aromatic heterocycles. The van der Waals surface area contributed by atoms with Crippen molar-refractivity contribution in [2.45, 2.75) is 57.9 Å². The van der Waals surface area contributed by atoms with Crippen molar-refractivity contribution in [1.29, 1.82) is 0 Å². The zero-order valence-electron chi connectivity index (χ0n) is 24.5. The van der Waals surface area contributed by atoms with Gasteiger partial charge in [-0.05, 0) is 87.7 Å².